The molecule has 3 heterocycles. The number of carbonyl (C=O) groups excluding carboxylic acids is 1. The second-order valence-corrected chi connectivity index (χ2v) is 9.42. The first-order chi connectivity index (χ1) is 16.9. The van der Waals surface area contributed by atoms with E-state index in [1.165, 1.54) is 49.2 Å². The maximum Gasteiger partial charge on any atom is 0.586 e. The summed E-state index contributed by atoms with van der Waals surface area (Å²) >= 11 is 1.28. The number of ether oxygens (including phenoxy) is 2. The predicted octanol–water partition coefficient (Wildman–Crippen LogP) is 4.36. The molecule has 11 heteroatoms. The Labute approximate surface area is 205 Å². The van der Waals surface area contributed by atoms with Gasteiger partial charge in [-0.1, -0.05) is 48.5 Å². The van der Waals surface area contributed by atoms with E-state index >= 15 is 0 Å². The Morgan fingerprint density at radius 2 is 1.77 bits per heavy atom. The molecule has 1 fully saturated rings. The quantitative estimate of drug-likeness (QED) is 0.459. The van der Waals surface area contributed by atoms with Crippen molar-refractivity contribution in [2.24, 2.45) is 0 Å². The third-order valence-electron chi connectivity index (χ3n) is 5.81. The van der Waals surface area contributed by atoms with Gasteiger partial charge >= 0.3 is 6.29 Å². The molecule has 2 aromatic carbocycles. The molecular formula is C24H25F2N5O3S. The van der Waals surface area contributed by atoms with Crippen LogP contribution in [0.25, 0.3) is 0 Å². The standard InChI is InChI=1S/C24H25F2N5O3S/c25-24(26)33-19-10-9-18(13-20(19)34-24)27-22(32)16-35-23-29-28-21(15-30-11-5-2-6-12-30)31(23)14-17-7-3-1-4-8-17/h1,3-4,7-10,13H,2,5-6,11-12,14-16H2,(H,27,32). The molecule has 0 saturated carbocycles. The van der Waals surface area contributed by atoms with E-state index in [2.05, 4.69) is 46.6 Å². The number of benzene rings is 2. The van der Waals surface area contributed by atoms with Crippen molar-refractivity contribution in [3.63, 3.8) is 0 Å². The lowest BCUT2D eigenvalue weighted by Crippen LogP contribution is -2.30. The molecule has 8 nitrogen and oxygen atoms in total. The highest BCUT2D eigenvalue weighted by molar-refractivity contribution is 7.99. The van der Waals surface area contributed by atoms with Crippen molar-refractivity contribution in [3.8, 4) is 11.5 Å². The van der Waals surface area contributed by atoms with Crippen molar-refractivity contribution >= 4 is 23.4 Å². The van der Waals surface area contributed by atoms with Crippen molar-refractivity contribution in [3.05, 3.63) is 59.9 Å². The number of hydrogen-bond donors (Lipinski definition) is 1. The van der Waals surface area contributed by atoms with Gasteiger partial charge in [0.1, 0.15) is 5.82 Å². The van der Waals surface area contributed by atoms with E-state index in [0.29, 0.717) is 23.9 Å². The SMILES string of the molecule is O=C(CSc1nnc(CN2CCCCC2)n1Cc1ccccc1)Nc1ccc2c(c1)OC(F)(F)O2. The number of fused-ring (bicyclic) bond motifs is 1. The highest BCUT2D eigenvalue weighted by Gasteiger charge is 2.43. The summed E-state index contributed by atoms with van der Waals surface area (Å²) in [7, 11) is 0. The summed E-state index contributed by atoms with van der Waals surface area (Å²) in [6.07, 6.45) is -0.0665. The van der Waals surface area contributed by atoms with E-state index in [1.54, 1.807) is 0 Å². The molecule has 2 aliphatic heterocycles. The molecule has 1 amide bonds. The molecule has 184 valence electrons. The highest BCUT2D eigenvalue weighted by atomic mass is 32.2. The number of hydrogen-bond acceptors (Lipinski definition) is 7. The number of rotatable bonds is 8. The van der Waals surface area contributed by atoms with Crippen LogP contribution >= 0.6 is 11.8 Å². The van der Waals surface area contributed by atoms with Crippen LogP contribution in [0, 0.1) is 0 Å². The second kappa shape index (κ2) is 10.2. The Bertz CT molecular complexity index is 1190. The highest BCUT2D eigenvalue weighted by Crippen LogP contribution is 2.42. The number of piperidine rings is 1. The third-order valence-corrected chi connectivity index (χ3v) is 6.77. The number of thioether (sulfide) groups is 1. The van der Waals surface area contributed by atoms with E-state index < -0.39 is 6.29 Å². The summed E-state index contributed by atoms with van der Waals surface area (Å²) in [6.45, 7) is 3.42. The van der Waals surface area contributed by atoms with Gasteiger partial charge in [-0.15, -0.1) is 19.0 Å². The van der Waals surface area contributed by atoms with Crippen LogP contribution in [0.5, 0.6) is 11.5 Å². The Morgan fingerprint density at radius 1 is 1.00 bits per heavy atom. The van der Waals surface area contributed by atoms with Gasteiger partial charge in [-0.05, 0) is 43.6 Å². The maximum atomic E-state index is 13.2. The summed E-state index contributed by atoms with van der Waals surface area (Å²) in [5, 5.41) is 12.2. The minimum Gasteiger partial charge on any atom is -0.395 e. The molecule has 0 unspecified atom stereocenters. The van der Waals surface area contributed by atoms with Gasteiger partial charge in [0.2, 0.25) is 5.91 Å². The number of halogens is 2. The van der Waals surface area contributed by atoms with Gasteiger partial charge in [0.25, 0.3) is 0 Å². The third kappa shape index (κ3) is 5.91. The summed E-state index contributed by atoms with van der Waals surface area (Å²) in [6, 6.07) is 14.2. The van der Waals surface area contributed by atoms with Crippen LogP contribution in [0.3, 0.4) is 0 Å². The average Bonchev–Trinajstić information content (AvgIpc) is 3.37. The van der Waals surface area contributed by atoms with Crippen LogP contribution < -0.4 is 14.8 Å². The molecule has 1 N–H and O–H groups in total. The fourth-order valence-corrected chi connectivity index (χ4v) is 4.90. The number of alkyl halides is 2. The minimum atomic E-state index is -3.70. The molecule has 0 aliphatic carbocycles. The Kier molecular flexibility index (Phi) is 6.87. The van der Waals surface area contributed by atoms with E-state index in [9.17, 15) is 13.6 Å². The largest absolute Gasteiger partial charge is 0.586 e. The van der Waals surface area contributed by atoms with Gasteiger partial charge in [-0.3, -0.25) is 9.69 Å². The average molecular weight is 502 g/mol. The molecule has 0 spiro atoms. The van der Waals surface area contributed by atoms with Crippen LogP contribution in [0.4, 0.5) is 14.5 Å². The molecular weight excluding hydrogens is 476 g/mol. The van der Waals surface area contributed by atoms with Crippen LogP contribution in [-0.4, -0.2) is 50.7 Å². The number of aromatic nitrogens is 3. The fourth-order valence-electron chi connectivity index (χ4n) is 4.14. The van der Waals surface area contributed by atoms with Crippen LogP contribution in [0.2, 0.25) is 0 Å². The number of amides is 1. The monoisotopic (exact) mass is 501 g/mol. The molecule has 0 radical (unpaired) electrons. The van der Waals surface area contributed by atoms with Gasteiger partial charge in [-0.25, -0.2) is 0 Å². The smallest absolute Gasteiger partial charge is 0.395 e. The van der Waals surface area contributed by atoms with Crippen molar-refractivity contribution in [1.82, 2.24) is 19.7 Å². The first-order valence-corrected chi connectivity index (χ1v) is 12.4. The number of carbonyl (C=O) groups is 1. The number of nitrogens with zero attached hydrogens (tertiary/aromatic N) is 4. The predicted molar refractivity (Wildman–Crippen MR) is 127 cm³/mol. The molecule has 2 aliphatic rings. The number of nitrogens with one attached hydrogen (secondary N) is 1. The second-order valence-electron chi connectivity index (χ2n) is 8.47. The lowest BCUT2D eigenvalue weighted by molar-refractivity contribution is -0.286. The number of likely N-dealkylation sites (tertiary alicyclic amines) is 1. The molecule has 1 saturated heterocycles. The van der Waals surface area contributed by atoms with Gasteiger partial charge < -0.3 is 19.4 Å². The summed E-state index contributed by atoms with van der Waals surface area (Å²) < 4.78 is 37.4. The zero-order valence-corrected chi connectivity index (χ0v) is 19.8. The normalized spacial score (nSPS) is 16.9. The van der Waals surface area contributed by atoms with Gasteiger partial charge in [0, 0.05) is 11.8 Å². The van der Waals surface area contributed by atoms with E-state index in [4.69, 9.17) is 0 Å². The Morgan fingerprint density at radius 3 is 2.57 bits per heavy atom. The summed E-state index contributed by atoms with van der Waals surface area (Å²) in [4.78, 5) is 15.0. The Balaban J connectivity index is 1.25. The van der Waals surface area contributed by atoms with E-state index in [1.807, 2.05) is 18.2 Å². The summed E-state index contributed by atoms with van der Waals surface area (Å²) in [5.41, 5.74) is 1.46. The Hall–Kier alpha value is -3.18. The molecule has 0 atom stereocenters. The molecule has 0 bridgehead atoms. The first kappa shape index (κ1) is 23.6. The topological polar surface area (TPSA) is 81.5 Å². The zero-order chi connectivity index (χ0) is 24.3. The van der Waals surface area contributed by atoms with Crippen molar-refractivity contribution in [2.45, 2.75) is 43.8 Å². The lowest BCUT2D eigenvalue weighted by atomic mass is 10.1. The summed E-state index contributed by atoms with van der Waals surface area (Å²) in [5.74, 6) is 0.465. The van der Waals surface area contributed by atoms with Crippen molar-refractivity contribution in [1.29, 1.82) is 0 Å². The molecule has 3 aromatic rings. The lowest BCUT2D eigenvalue weighted by Gasteiger charge is -2.26. The molecule has 5 rings (SSSR count). The van der Waals surface area contributed by atoms with E-state index in [-0.39, 0.29) is 23.2 Å². The minimum absolute atomic E-state index is 0.0716. The fraction of sp³-hybridized carbons (Fsp3) is 0.375. The van der Waals surface area contributed by atoms with Crippen molar-refractivity contribution < 1.29 is 23.0 Å². The number of anilines is 1. The van der Waals surface area contributed by atoms with Gasteiger partial charge in [0.15, 0.2) is 16.7 Å². The van der Waals surface area contributed by atoms with Crippen molar-refractivity contribution in [2.75, 3.05) is 24.2 Å². The molecule has 1 aromatic heterocycles. The van der Waals surface area contributed by atoms with Crippen LogP contribution in [0.1, 0.15) is 30.7 Å². The van der Waals surface area contributed by atoms with Crippen LogP contribution in [-0.2, 0) is 17.9 Å². The van der Waals surface area contributed by atoms with Gasteiger partial charge in [-0.2, -0.15) is 0 Å². The van der Waals surface area contributed by atoms with Crippen LogP contribution in [0.15, 0.2) is 53.7 Å². The maximum absolute atomic E-state index is 13.2. The zero-order valence-electron chi connectivity index (χ0n) is 19.0. The van der Waals surface area contributed by atoms with Gasteiger partial charge in [0.05, 0.1) is 18.8 Å². The first-order valence-electron chi connectivity index (χ1n) is 11.5. The van der Waals surface area contributed by atoms with E-state index in [0.717, 1.165) is 24.5 Å². The molecule has 35 heavy (non-hydrogen) atoms.